The van der Waals surface area contributed by atoms with Crippen molar-refractivity contribution < 1.29 is 9.53 Å². The Morgan fingerprint density at radius 1 is 1.50 bits per heavy atom. The van der Waals surface area contributed by atoms with Crippen LogP contribution in [0.15, 0.2) is 18.3 Å². The number of rotatable bonds is 3. The minimum atomic E-state index is -0.410. The highest BCUT2D eigenvalue weighted by atomic mass is 16.5. The molecule has 0 atom stereocenters. The first-order valence-corrected chi connectivity index (χ1v) is 4.96. The minimum Gasteiger partial charge on any atom is -0.470 e. The molecule has 1 rings (SSSR count). The summed E-state index contributed by atoms with van der Waals surface area (Å²) in [5.41, 5.74) is 0.0570. The number of aromatic nitrogens is 1. The van der Waals surface area contributed by atoms with Crippen LogP contribution in [0.2, 0.25) is 0 Å². The highest BCUT2D eigenvalue weighted by Crippen LogP contribution is 2.15. The van der Waals surface area contributed by atoms with E-state index < -0.39 is 5.41 Å². The van der Waals surface area contributed by atoms with Gasteiger partial charge in [-0.1, -0.05) is 20.8 Å². The molecule has 0 aromatic carbocycles. The summed E-state index contributed by atoms with van der Waals surface area (Å²) in [5.74, 6) is 0.371. The number of hydrogen-bond donors (Lipinski definition) is 0. The third-order valence-electron chi connectivity index (χ3n) is 2.05. The lowest BCUT2D eigenvalue weighted by Gasteiger charge is -2.16. The lowest BCUT2D eigenvalue weighted by Crippen LogP contribution is -2.26. The van der Waals surface area contributed by atoms with Crippen molar-refractivity contribution >= 4 is 5.78 Å². The van der Waals surface area contributed by atoms with Crippen LogP contribution < -0.4 is 4.74 Å². The van der Waals surface area contributed by atoms with E-state index >= 15 is 0 Å². The smallest absolute Gasteiger partial charge is 0.213 e. The topological polar surface area (TPSA) is 63.0 Å². The average Bonchev–Trinajstić information content (AvgIpc) is 2.25. The largest absolute Gasteiger partial charge is 0.470 e. The van der Waals surface area contributed by atoms with Crippen LogP contribution in [0.4, 0.5) is 0 Å². The summed E-state index contributed by atoms with van der Waals surface area (Å²) in [6, 6.07) is 5.14. The van der Waals surface area contributed by atoms with Gasteiger partial charge in [0.15, 0.2) is 5.78 Å². The molecule has 4 nitrogen and oxygen atoms in total. The van der Waals surface area contributed by atoms with Gasteiger partial charge in [0.25, 0.3) is 0 Å². The zero-order valence-electron chi connectivity index (χ0n) is 9.65. The van der Waals surface area contributed by atoms with Gasteiger partial charge in [-0.15, -0.1) is 0 Å². The van der Waals surface area contributed by atoms with E-state index in [1.165, 1.54) is 6.20 Å². The van der Waals surface area contributed by atoms with Crippen LogP contribution in [-0.2, 0) is 4.79 Å². The van der Waals surface area contributed by atoms with Crippen LogP contribution in [0, 0.1) is 16.7 Å². The molecule has 0 bridgehead atoms. The van der Waals surface area contributed by atoms with Crippen LogP contribution in [-0.4, -0.2) is 17.4 Å². The van der Waals surface area contributed by atoms with Crippen LogP contribution in [0.5, 0.6) is 5.88 Å². The van der Waals surface area contributed by atoms with E-state index in [0.29, 0.717) is 11.4 Å². The van der Waals surface area contributed by atoms with Crippen molar-refractivity contribution in [3.05, 3.63) is 23.9 Å². The van der Waals surface area contributed by atoms with Gasteiger partial charge in [-0.2, -0.15) is 5.26 Å². The van der Waals surface area contributed by atoms with Gasteiger partial charge in [0.2, 0.25) is 5.88 Å². The molecule has 16 heavy (non-hydrogen) atoms. The summed E-state index contributed by atoms with van der Waals surface area (Å²) in [6.45, 7) is 5.52. The SMILES string of the molecule is CC(C)(C)C(=O)COc1ccc(C#N)cn1. The predicted molar refractivity (Wildman–Crippen MR) is 58.9 cm³/mol. The molecule has 0 spiro atoms. The fraction of sp³-hybridized carbons (Fsp3) is 0.417. The van der Waals surface area contributed by atoms with E-state index in [-0.39, 0.29) is 12.4 Å². The van der Waals surface area contributed by atoms with Crippen molar-refractivity contribution in [3.63, 3.8) is 0 Å². The molecule has 0 unspecified atom stereocenters. The Morgan fingerprint density at radius 3 is 2.62 bits per heavy atom. The number of ketones is 1. The van der Waals surface area contributed by atoms with E-state index in [1.54, 1.807) is 12.1 Å². The summed E-state index contributed by atoms with van der Waals surface area (Å²) in [7, 11) is 0. The van der Waals surface area contributed by atoms with Gasteiger partial charge in [-0.05, 0) is 6.07 Å². The molecule has 0 radical (unpaired) electrons. The van der Waals surface area contributed by atoms with E-state index in [4.69, 9.17) is 10.00 Å². The average molecular weight is 218 g/mol. The van der Waals surface area contributed by atoms with E-state index in [1.807, 2.05) is 26.8 Å². The van der Waals surface area contributed by atoms with Crippen LogP contribution in [0.1, 0.15) is 26.3 Å². The lowest BCUT2D eigenvalue weighted by atomic mass is 9.91. The van der Waals surface area contributed by atoms with Crippen LogP contribution in [0.25, 0.3) is 0 Å². The molecular weight excluding hydrogens is 204 g/mol. The maximum absolute atomic E-state index is 11.6. The van der Waals surface area contributed by atoms with E-state index in [2.05, 4.69) is 4.98 Å². The first kappa shape index (κ1) is 12.2. The Balaban J connectivity index is 2.56. The summed E-state index contributed by atoms with van der Waals surface area (Å²) in [4.78, 5) is 15.5. The lowest BCUT2D eigenvalue weighted by molar-refractivity contribution is -0.128. The fourth-order valence-electron chi connectivity index (χ4n) is 0.888. The van der Waals surface area contributed by atoms with Gasteiger partial charge in [-0.3, -0.25) is 4.79 Å². The van der Waals surface area contributed by atoms with Crippen molar-refractivity contribution in [1.82, 2.24) is 4.98 Å². The third kappa shape index (κ3) is 3.35. The normalized spacial score (nSPS) is 10.6. The minimum absolute atomic E-state index is 0.00238. The van der Waals surface area contributed by atoms with Gasteiger partial charge < -0.3 is 4.74 Å². The third-order valence-corrected chi connectivity index (χ3v) is 2.05. The van der Waals surface area contributed by atoms with Gasteiger partial charge in [0.1, 0.15) is 12.7 Å². The maximum atomic E-state index is 11.6. The van der Waals surface area contributed by atoms with Crippen molar-refractivity contribution in [2.24, 2.45) is 5.41 Å². The van der Waals surface area contributed by atoms with Gasteiger partial charge >= 0.3 is 0 Å². The molecule has 0 amide bonds. The van der Waals surface area contributed by atoms with Crippen molar-refractivity contribution in [1.29, 1.82) is 5.26 Å². The fourth-order valence-corrected chi connectivity index (χ4v) is 0.888. The molecule has 84 valence electrons. The summed E-state index contributed by atoms with van der Waals surface area (Å²) >= 11 is 0. The molecule has 4 heteroatoms. The van der Waals surface area contributed by atoms with Crippen molar-refractivity contribution in [3.8, 4) is 11.9 Å². The molecular formula is C12H14N2O2. The number of carbonyl (C=O) groups is 1. The monoisotopic (exact) mass is 218 g/mol. The number of carbonyl (C=O) groups excluding carboxylic acids is 1. The Hall–Kier alpha value is -1.89. The summed E-state index contributed by atoms with van der Waals surface area (Å²) in [6.07, 6.45) is 1.41. The predicted octanol–water partition coefficient (Wildman–Crippen LogP) is 1.95. The number of ether oxygens (including phenoxy) is 1. The first-order chi connectivity index (χ1) is 7.43. The number of nitriles is 1. The number of nitrogens with zero attached hydrogens (tertiary/aromatic N) is 2. The molecule has 0 aliphatic heterocycles. The Morgan fingerprint density at radius 2 is 2.19 bits per heavy atom. The molecule has 1 aromatic rings. The van der Waals surface area contributed by atoms with E-state index in [0.717, 1.165) is 0 Å². The molecule has 0 aliphatic carbocycles. The Labute approximate surface area is 94.9 Å². The highest BCUT2D eigenvalue weighted by Gasteiger charge is 2.21. The summed E-state index contributed by atoms with van der Waals surface area (Å²) < 4.78 is 5.22. The summed E-state index contributed by atoms with van der Waals surface area (Å²) in [5, 5.41) is 8.57. The van der Waals surface area contributed by atoms with Crippen LogP contribution >= 0.6 is 0 Å². The quantitative estimate of drug-likeness (QED) is 0.777. The van der Waals surface area contributed by atoms with Crippen molar-refractivity contribution in [2.45, 2.75) is 20.8 Å². The first-order valence-electron chi connectivity index (χ1n) is 4.96. The zero-order chi connectivity index (χ0) is 12.2. The Bertz CT molecular complexity index is 410. The maximum Gasteiger partial charge on any atom is 0.213 e. The molecule has 0 saturated carbocycles. The molecule has 0 saturated heterocycles. The Kier molecular flexibility index (Phi) is 3.62. The van der Waals surface area contributed by atoms with Gasteiger partial charge in [0.05, 0.1) is 5.56 Å². The van der Waals surface area contributed by atoms with Crippen molar-refractivity contribution in [2.75, 3.05) is 6.61 Å². The second-order valence-electron chi connectivity index (χ2n) is 4.46. The zero-order valence-corrected chi connectivity index (χ0v) is 9.65. The van der Waals surface area contributed by atoms with Gasteiger partial charge in [0, 0.05) is 17.7 Å². The van der Waals surface area contributed by atoms with Crippen LogP contribution in [0.3, 0.4) is 0 Å². The number of pyridine rings is 1. The number of hydrogen-bond acceptors (Lipinski definition) is 4. The highest BCUT2D eigenvalue weighted by molar-refractivity contribution is 5.84. The molecule has 1 aromatic heterocycles. The van der Waals surface area contributed by atoms with Gasteiger partial charge in [-0.25, -0.2) is 4.98 Å². The van der Waals surface area contributed by atoms with E-state index in [9.17, 15) is 4.79 Å². The molecule has 0 N–H and O–H groups in total. The molecule has 0 fully saturated rings. The molecule has 1 heterocycles. The molecule has 0 aliphatic rings. The number of Topliss-reactive ketones (excluding diaryl/α,β-unsaturated/α-hetero) is 1. The second kappa shape index (κ2) is 4.75. The second-order valence-corrected chi connectivity index (χ2v) is 4.46. The standard InChI is InChI=1S/C12H14N2O2/c1-12(2,3)10(15)8-16-11-5-4-9(6-13)7-14-11/h4-5,7H,8H2,1-3H3.